The van der Waals surface area contributed by atoms with Crippen LogP contribution < -0.4 is 10.9 Å². The molecular formula is C14H12IN5O2S. The highest BCUT2D eigenvalue weighted by atomic mass is 127. The number of fused-ring (bicyclic) bond motifs is 1. The van der Waals surface area contributed by atoms with Crippen LogP contribution in [-0.4, -0.2) is 31.8 Å². The van der Waals surface area contributed by atoms with Crippen molar-refractivity contribution in [2.75, 3.05) is 11.1 Å². The standard InChI is InChI=1S/C14H12IN5O2S/c1-7-4-8(15)2-3-10(7)17-11(21)6-23-14-18-12-9(5-16-20-12)13(22)19-14/h2-5H,6H2,1H3,(H,17,21)(H2,16,18,19,20,22). The number of H-pyrrole nitrogens is 2. The largest absolute Gasteiger partial charge is 0.325 e. The van der Waals surface area contributed by atoms with Gasteiger partial charge in [0, 0.05) is 9.26 Å². The number of aromatic amines is 2. The van der Waals surface area contributed by atoms with Gasteiger partial charge in [0.15, 0.2) is 10.8 Å². The second-order valence-corrected chi connectivity index (χ2v) is 7.01. The Morgan fingerprint density at radius 3 is 3.04 bits per heavy atom. The van der Waals surface area contributed by atoms with E-state index in [9.17, 15) is 9.59 Å². The molecule has 3 N–H and O–H groups in total. The van der Waals surface area contributed by atoms with Gasteiger partial charge in [-0.15, -0.1) is 0 Å². The van der Waals surface area contributed by atoms with Crippen molar-refractivity contribution in [2.24, 2.45) is 0 Å². The summed E-state index contributed by atoms with van der Waals surface area (Å²) in [5, 5.41) is 10.0. The van der Waals surface area contributed by atoms with Crippen LogP contribution in [-0.2, 0) is 4.79 Å². The smallest absolute Gasteiger partial charge is 0.262 e. The first-order valence-corrected chi connectivity index (χ1v) is 8.71. The molecule has 3 rings (SSSR count). The van der Waals surface area contributed by atoms with Gasteiger partial charge < -0.3 is 10.3 Å². The lowest BCUT2D eigenvalue weighted by molar-refractivity contribution is -0.113. The van der Waals surface area contributed by atoms with Crippen molar-refractivity contribution in [2.45, 2.75) is 12.1 Å². The molecule has 0 spiro atoms. The van der Waals surface area contributed by atoms with E-state index in [0.717, 1.165) is 26.6 Å². The monoisotopic (exact) mass is 441 g/mol. The lowest BCUT2D eigenvalue weighted by atomic mass is 10.2. The van der Waals surface area contributed by atoms with E-state index >= 15 is 0 Å². The molecule has 0 aliphatic heterocycles. The summed E-state index contributed by atoms with van der Waals surface area (Å²) in [6.45, 7) is 1.94. The highest BCUT2D eigenvalue weighted by Crippen LogP contribution is 2.19. The number of carbonyl (C=O) groups excluding carboxylic acids is 1. The normalized spacial score (nSPS) is 10.9. The van der Waals surface area contributed by atoms with Crippen LogP contribution in [0.2, 0.25) is 0 Å². The van der Waals surface area contributed by atoms with Gasteiger partial charge in [0.25, 0.3) is 5.56 Å². The van der Waals surface area contributed by atoms with Crippen molar-refractivity contribution < 1.29 is 4.79 Å². The Morgan fingerprint density at radius 2 is 2.26 bits per heavy atom. The number of aromatic nitrogens is 4. The summed E-state index contributed by atoms with van der Waals surface area (Å²) >= 11 is 3.38. The van der Waals surface area contributed by atoms with Crippen molar-refractivity contribution in [3.63, 3.8) is 0 Å². The summed E-state index contributed by atoms with van der Waals surface area (Å²) < 4.78 is 1.11. The average Bonchev–Trinajstić information content (AvgIpc) is 2.97. The molecule has 0 fully saturated rings. The molecule has 9 heteroatoms. The summed E-state index contributed by atoms with van der Waals surface area (Å²) in [4.78, 5) is 30.7. The Kier molecular flexibility index (Phi) is 4.66. The zero-order chi connectivity index (χ0) is 16.4. The first-order chi connectivity index (χ1) is 11.0. The van der Waals surface area contributed by atoms with Crippen molar-refractivity contribution in [1.82, 2.24) is 20.2 Å². The first kappa shape index (κ1) is 16.0. The Balaban J connectivity index is 1.67. The maximum Gasteiger partial charge on any atom is 0.262 e. The number of amides is 1. The van der Waals surface area contributed by atoms with Crippen molar-refractivity contribution in [1.29, 1.82) is 0 Å². The Bertz CT molecular complexity index is 936. The summed E-state index contributed by atoms with van der Waals surface area (Å²) in [5.41, 5.74) is 1.91. The lowest BCUT2D eigenvalue weighted by Gasteiger charge is -2.08. The molecule has 3 aromatic rings. The zero-order valence-corrected chi connectivity index (χ0v) is 15.0. The zero-order valence-electron chi connectivity index (χ0n) is 12.0. The van der Waals surface area contributed by atoms with Crippen molar-refractivity contribution in [3.8, 4) is 0 Å². The van der Waals surface area contributed by atoms with Crippen LogP contribution in [0.15, 0.2) is 34.3 Å². The van der Waals surface area contributed by atoms with E-state index in [2.05, 4.69) is 48.1 Å². The molecule has 1 aromatic carbocycles. The van der Waals surface area contributed by atoms with E-state index in [-0.39, 0.29) is 17.2 Å². The van der Waals surface area contributed by atoms with E-state index in [4.69, 9.17) is 0 Å². The Morgan fingerprint density at radius 1 is 1.43 bits per heavy atom. The summed E-state index contributed by atoms with van der Waals surface area (Å²) in [6, 6.07) is 5.80. The maximum absolute atomic E-state index is 12.0. The van der Waals surface area contributed by atoms with Crippen molar-refractivity contribution in [3.05, 3.63) is 43.9 Å². The summed E-state index contributed by atoms with van der Waals surface area (Å²) in [5.74, 6) is -0.0137. The van der Waals surface area contributed by atoms with Crippen LogP contribution in [0.4, 0.5) is 5.69 Å². The third-order valence-electron chi connectivity index (χ3n) is 3.10. The van der Waals surface area contributed by atoms with Crippen LogP contribution in [0, 0.1) is 10.5 Å². The second-order valence-electron chi connectivity index (χ2n) is 4.80. The number of hydrogen-bond acceptors (Lipinski definition) is 5. The molecule has 0 radical (unpaired) electrons. The molecule has 0 aliphatic rings. The van der Waals surface area contributed by atoms with Crippen LogP contribution >= 0.6 is 34.4 Å². The van der Waals surface area contributed by atoms with E-state index < -0.39 is 0 Å². The summed E-state index contributed by atoms with van der Waals surface area (Å²) in [7, 11) is 0. The quantitative estimate of drug-likeness (QED) is 0.328. The molecule has 7 nitrogen and oxygen atoms in total. The number of hydrogen-bond donors (Lipinski definition) is 3. The molecule has 0 atom stereocenters. The molecule has 0 saturated heterocycles. The number of carbonyl (C=O) groups is 1. The second kappa shape index (κ2) is 6.71. The third-order valence-corrected chi connectivity index (χ3v) is 4.64. The number of thioether (sulfide) groups is 1. The number of nitrogens with one attached hydrogen (secondary N) is 3. The van der Waals surface area contributed by atoms with E-state index in [1.165, 1.54) is 6.20 Å². The van der Waals surface area contributed by atoms with Gasteiger partial charge in [0.05, 0.1) is 11.9 Å². The van der Waals surface area contributed by atoms with Crippen LogP contribution in [0.1, 0.15) is 5.56 Å². The van der Waals surface area contributed by atoms with Crippen molar-refractivity contribution >= 4 is 57.0 Å². The molecular weight excluding hydrogens is 429 g/mol. The van der Waals surface area contributed by atoms with Gasteiger partial charge in [-0.2, -0.15) is 5.10 Å². The molecule has 2 aromatic heterocycles. The van der Waals surface area contributed by atoms with Gasteiger partial charge in [-0.25, -0.2) is 4.98 Å². The van der Waals surface area contributed by atoms with Gasteiger partial charge in [0.1, 0.15) is 5.39 Å². The molecule has 0 bridgehead atoms. The van der Waals surface area contributed by atoms with Crippen LogP contribution in [0.5, 0.6) is 0 Å². The SMILES string of the molecule is Cc1cc(I)ccc1NC(=O)CSc1nc2[nH]ncc2c(=O)[nH]1. The van der Waals surface area contributed by atoms with E-state index in [1.54, 1.807) is 0 Å². The number of nitrogens with zero attached hydrogens (tertiary/aromatic N) is 2. The van der Waals surface area contributed by atoms with Gasteiger partial charge in [-0.3, -0.25) is 14.7 Å². The van der Waals surface area contributed by atoms with Gasteiger partial charge in [-0.05, 0) is 53.3 Å². The lowest BCUT2D eigenvalue weighted by Crippen LogP contribution is -2.16. The van der Waals surface area contributed by atoms with Gasteiger partial charge in [-0.1, -0.05) is 11.8 Å². The maximum atomic E-state index is 12.0. The minimum absolute atomic E-state index is 0.147. The predicted octanol–water partition coefficient (Wildman–Crippen LogP) is 2.29. The molecule has 23 heavy (non-hydrogen) atoms. The molecule has 0 aliphatic carbocycles. The average molecular weight is 441 g/mol. The fourth-order valence-electron chi connectivity index (χ4n) is 1.98. The van der Waals surface area contributed by atoms with Gasteiger partial charge in [0.2, 0.25) is 5.91 Å². The van der Waals surface area contributed by atoms with E-state index in [0.29, 0.717) is 16.2 Å². The number of benzene rings is 1. The predicted molar refractivity (Wildman–Crippen MR) is 97.8 cm³/mol. The first-order valence-electron chi connectivity index (χ1n) is 6.65. The highest BCUT2D eigenvalue weighted by Gasteiger charge is 2.09. The molecule has 0 saturated carbocycles. The molecule has 118 valence electrons. The number of anilines is 1. The minimum atomic E-state index is -0.278. The van der Waals surface area contributed by atoms with Gasteiger partial charge >= 0.3 is 0 Å². The molecule has 0 unspecified atom stereocenters. The fourth-order valence-corrected chi connectivity index (χ4v) is 3.29. The number of halogens is 1. The Labute approximate surface area is 148 Å². The Hall–Kier alpha value is -1.88. The van der Waals surface area contributed by atoms with Crippen LogP contribution in [0.3, 0.4) is 0 Å². The highest BCUT2D eigenvalue weighted by molar-refractivity contribution is 14.1. The fraction of sp³-hybridized carbons (Fsp3) is 0.143. The topological polar surface area (TPSA) is 104 Å². The van der Waals surface area contributed by atoms with Crippen LogP contribution in [0.25, 0.3) is 11.0 Å². The molecule has 1 amide bonds. The number of rotatable bonds is 4. The summed E-state index contributed by atoms with van der Waals surface area (Å²) in [6.07, 6.45) is 1.42. The third kappa shape index (κ3) is 3.72. The van der Waals surface area contributed by atoms with E-state index in [1.807, 2.05) is 25.1 Å². The number of aryl methyl sites for hydroxylation is 1. The molecule has 2 heterocycles. The minimum Gasteiger partial charge on any atom is -0.325 e.